The average Bonchev–Trinajstić information content (AvgIpc) is 3.65. The molecule has 506 valence electrons. The highest BCUT2D eigenvalue weighted by atomic mass is 16.6. The number of ether oxygens (including phenoxy) is 15. The lowest BCUT2D eigenvalue weighted by Gasteiger charge is -2.33. The Bertz CT molecular complexity index is 1410. The van der Waals surface area contributed by atoms with Crippen molar-refractivity contribution in [3.63, 3.8) is 0 Å². The van der Waals surface area contributed by atoms with Gasteiger partial charge in [-0.05, 0) is 6.42 Å². The Kier molecular flexibility index (Phi) is 53.7. The second kappa shape index (κ2) is 54.6. The van der Waals surface area contributed by atoms with Crippen LogP contribution in [0.15, 0.2) is 0 Å². The molecule has 0 rings (SSSR count). The minimum absolute atomic E-state index is 0.0886. The normalized spacial score (nSPS) is 18.5. The van der Waals surface area contributed by atoms with Crippen LogP contribution in [0.5, 0.6) is 0 Å². The molecule has 84 heavy (non-hydrogen) atoms. The van der Waals surface area contributed by atoms with E-state index in [-0.39, 0.29) is 159 Å². The van der Waals surface area contributed by atoms with Gasteiger partial charge in [0.2, 0.25) is 0 Å². The summed E-state index contributed by atoms with van der Waals surface area (Å²) < 4.78 is 85.9. The van der Waals surface area contributed by atoms with Crippen LogP contribution in [0.25, 0.3) is 0 Å². The Morgan fingerprint density at radius 2 is 0.405 bits per heavy atom. The van der Waals surface area contributed by atoms with Crippen LogP contribution in [-0.4, -0.2) is 402 Å². The van der Waals surface area contributed by atoms with E-state index >= 15 is 0 Å². The third kappa shape index (κ3) is 45.0. The first-order chi connectivity index (χ1) is 40.4. The van der Waals surface area contributed by atoms with Gasteiger partial charge < -0.3 is 163 Å². The molecular weight excluding hydrogens is 1140 g/mol. The van der Waals surface area contributed by atoms with Crippen LogP contribution in [0.1, 0.15) is 13.3 Å². The Labute approximate surface area is 490 Å². The van der Waals surface area contributed by atoms with Crippen molar-refractivity contribution >= 4 is 0 Å². The predicted molar refractivity (Wildman–Crippen MR) is 286 cm³/mol. The van der Waals surface area contributed by atoms with Crippen LogP contribution in [0.2, 0.25) is 0 Å². The number of aliphatic hydroxyl groups excluding tert-OH is 18. The van der Waals surface area contributed by atoms with Crippen LogP contribution in [0.4, 0.5) is 0 Å². The molecule has 0 aliphatic rings. The highest BCUT2D eigenvalue weighted by molar-refractivity contribution is 4.79. The van der Waals surface area contributed by atoms with Gasteiger partial charge in [-0.1, -0.05) is 6.92 Å². The summed E-state index contributed by atoms with van der Waals surface area (Å²) in [6.45, 7) is -8.76. The van der Waals surface area contributed by atoms with Crippen LogP contribution in [0, 0.1) is 5.41 Å². The van der Waals surface area contributed by atoms with Gasteiger partial charge in [0, 0.05) is 5.41 Å². The highest BCUT2D eigenvalue weighted by Gasteiger charge is 2.32. The van der Waals surface area contributed by atoms with Crippen molar-refractivity contribution in [3.05, 3.63) is 0 Å². The number of rotatable bonds is 64. The largest absolute Gasteiger partial charge is 0.394 e. The molecule has 0 aromatic carbocycles. The molecule has 0 aliphatic carbocycles. The average molecular weight is 1250 g/mol. The lowest BCUT2D eigenvalue weighted by atomic mass is 9.88. The van der Waals surface area contributed by atoms with E-state index in [0.717, 1.165) is 0 Å². The summed E-state index contributed by atoms with van der Waals surface area (Å²) in [5.41, 5.74) is -0.987. The van der Waals surface area contributed by atoms with E-state index in [2.05, 4.69) is 0 Å². The van der Waals surface area contributed by atoms with Gasteiger partial charge in [0.05, 0.1) is 218 Å². The van der Waals surface area contributed by atoms with Crippen molar-refractivity contribution in [2.45, 2.75) is 105 Å². The molecule has 0 spiro atoms. The van der Waals surface area contributed by atoms with Gasteiger partial charge >= 0.3 is 0 Å². The first-order valence-corrected chi connectivity index (χ1v) is 27.9. The van der Waals surface area contributed by atoms with Gasteiger partial charge in [-0.25, -0.2) is 0 Å². The maximum Gasteiger partial charge on any atom is 0.104 e. The predicted octanol–water partition coefficient (Wildman–Crippen LogP) is -9.98. The number of hydrogen-bond donors (Lipinski definition) is 18. The van der Waals surface area contributed by atoms with Crippen molar-refractivity contribution in [3.8, 4) is 0 Å². The molecule has 0 amide bonds. The van der Waals surface area contributed by atoms with E-state index in [0.29, 0.717) is 6.42 Å². The van der Waals surface area contributed by atoms with E-state index in [1.807, 2.05) is 6.92 Å². The van der Waals surface area contributed by atoms with Crippen molar-refractivity contribution in [1.29, 1.82) is 0 Å². The monoisotopic (exact) mass is 1240 g/mol. The lowest BCUT2D eigenvalue weighted by molar-refractivity contribution is -0.150. The van der Waals surface area contributed by atoms with E-state index in [4.69, 9.17) is 91.5 Å². The van der Waals surface area contributed by atoms with Crippen LogP contribution in [-0.2, 0) is 71.1 Å². The fraction of sp³-hybridized carbons (Fsp3) is 1.00. The van der Waals surface area contributed by atoms with Gasteiger partial charge in [0.25, 0.3) is 0 Å². The minimum atomic E-state index is -1.26. The first kappa shape index (κ1) is 82.7. The maximum atomic E-state index is 10.7. The molecule has 0 saturated carbocycles. The molecule has 0 radical (unpaired) electrons. The second-order valence-corrected chi connectivity index (χ2v) is 19.9. The number of aliphatic hydroxyl groups is 18. The highest BCUT2D eigenvalue weighted by Crippen LogP contribution is 2.25. The maximum absolute atomic E-state index is 10.7. The summed E-state index contributed by atoms with van der Waals surface area (Å²) in [6.07, 6.45) is -16.0. The summed E-state index contributed by atoms with van der Waals surface area (Å²) in [5, 5.41) is 175. The lowest BCUT2D eigenvalue weighted by Crippen LogP contribution is -2.41. The molecule has 33 nitrogen and oxygen atoms in total. The third-order valence-electron chi connectivity index (χ3n) is 11.6. The molecular formula is C51H104O33. The summed E-state index contributed by atoms with van der Waals surface area (Å²) in [5.74, 6) is 0. The molecule has 0 saturated heterocycles. The minimum Gasteiger partial charge on any atom is -0.394 e. The van der Waals surface area contributed by atoms with Crippen LogP contribution in [0.3, 0.4) is 0 Å². The van der Waals surface area contributed by atoms with E-state index in [1.54, 1.807) is 0 Å². The molecule has 16 atom stereocenters. The van der Waals surface area contributed by atoms with Crippen molar-refractivity contribution in [1.82, 2.24) is 0 Å². The van der Waals surface area contributed by atoms with Gasteiger partial charge in [0.1, 0.15) is 91.6 Å². The van der Waals surface area contributed by atoms with Crippen molar-refractivity contribution < 1.29 is 163 Å². The van der Waals surface area contributed by atoms with Crippen molar-refractivity contribution in [2.75, 3.05) is 218 Å². The molecule has 18 N–H and O–H groups in total. The molecule has 0 heterocycles. The van der Waals surface area contributed by atoms with E-state index in [9.17, 15) is 71.5 Å². The molecule has 0 bridgehead atoms. The van der Waals surface area contributed by atoms with E-state index < -0.39 is 156 Å². The summed E-state index contributed by atoms with van der Waals surface area (Å²) in [7, 11) is 0. The zero-order valence-electron chi connectivity index (χ0n) is 48.4. The molecule has 16 unspecified atom stereocenters. The summed E-state index contributed by atoms with van der Waals surface area (Å²) in [6, 6.07) is 0. The quantitative estimate of drug-likeness (QED) is 0.0269. The smallest absolute Gasteiger partial charge is 0.104 e. The Morgan fingerprint density at radius 3 is 0.726 bits per heavy atom. The molecule has 0 aromatic heterocycles. The van der Waals surface area contributed by atoms with Crippen molar-refractivity contribution in [2.24, 2.45) is 5.41 Å². The van der Waals surface area contributed by atoms with E-state index in [1.165, 1.54) is 0 Å². The fourth-order valence-corrected chi connectivity index (χ4v) is 6.50. The SMILES string of the molecule is CCC(COCC(O)COCC(O)CO)(COCC(O)COCC(CO)OCC(O)CO)COCC(COCC(COCC(O)COCC(O)CO)OCC(COCC(O)CO)OCC(O)CO)OCC(CO)OCC(CO)OCC(O)CO. The molecule has 0 aromatic rings. The topological polar surface area (TPSA) is 503 Å². The molecule has 0 aliphatic heterocycles. The van der Waals surface area contributed by atoms with Crippen LogP contribution < -0.4 is 0 Å². The Hall–Kier alpha value is -1.32. The van der Waals surface area contributed by atoms with Gasteiger partial charge in [0.15, 0.2) is 0 Å². The summed E-state index contributed by atoms with van der Waals surface area (Å²) >= 11 is 0. The fourth-order valence-electron chi connectivity index (χ4n) is 6.50. The Morgan fingerprint density at radius 1 is 0.214 bits per heavy atom. The third-order valence-corrected chi connectivity index (χ3v) is 11.6. The zero-order valence-corrected chi connectivity index (χ0v) is 48.4. The first-order valence-electron chi connectivity index (χ1n) is 27.9. The second-order valence-electron chi connectivity index (χ2n) is 19.9. The summed E-state index contributed by atoms with van der Waals surface area (Å²) in [4.78, 5) is 0. The Balaban J connectivity index is 6.59. The molecule has 0 fully saturated rings. The zero-order chi connectivity index (χ0) is 62.8. The standard InChI is InChI=1S/C51H104O33/c1-2-51(33-76-19-43(68)16-71-13-37(62)4-53,34-77-20-44(69)18-73-24-45(9-58)79-21-39(64)6-55)35-78-29-49(83-31-47(11-60)82-30-46(10-59)80-22-40(65)7-56)27-75-26-48(25-74-17-42(67)15-70-12-36(61)3-52)84-32-50(81-23-41(66)8-57)28-72-14-38(63)5-54/h36-50,52-69H,2-35H2,1H3. The van der Waals surface area contributed by atoms with Crippen LogP contribution >= 0.6 is 0 Å². The van der Waals surface area contributed by atoms with Gasteiger partial charge in [-0.15, -0.1) is 0 Å². The van der Waals surface area contributed by atoms with Gasteiger partial charge in [-0.3, -0.25) is 0 Å². The molecule has 33 heteroatoms. The number of hydrogen-bond acceptors (Lipinski definition) is 33. The van der Waals surface area contributed by atoms with Gasteiger partial charge in [-0.2, -0.15) is 0 Å².